The molecule has 4 atom stereocenters. The molecule has 3 aromatic rings. The Bertz CT molecular complexity index is 1290. The second-order valence-corrected chi connectivity index (χ2v) is 12.9. The van der Waals surface area contributed by atoms with Crippen LogP contribution in [0.3, 0.4) is 0 Å². The topological polar surface area (TPSA) is 48.4 Å². The summed E-state index contributed by atoms with van der Waals surface area (Å²) in [5.41, 5.74) is 4.76. The molecule has 3 fully saturated rings. The van der Waals surface area contributed by atoms with Gasteiger partial charge < -0.3 is 10.4 Å². The molecule has 3 unspecified atom stereocenters. The van der Waals surface area contributed by atoms with Crippen LogP contribution in [0.4, 0.5) is 5.82 Å². The maximum absolute atomic E-state index is 10.1. The van der Waals surface area contributed by atoms with Crippen LogP contribution in [-0.4, -0.2) is 40.7 Å². The molecular formula is C34H45N3O. The summed E-state index contributed by atoms with van der Waals surface area (Å²) < 4.78 is 0. The van der Waals surface area contributed by atoms with Gasteiger partial charge in [0.05, 0.1) is 5.52 Å². The minimum absolute atomic E-state index is 0.309. The van der Waals surface area contributed by atoms with Crippen molar-refractivity contribution in [3.8, 4) is 5.75 Å². The van der Waals surface area contributed by atoms with Gasteiger partial charge in [-0.2, -0.15) is 0 Å². The quantitative estimate of drug-likeness (QED) is 0.335. The SMILES string of the molecule is CCCCNc1ccc2ccccc2n1.C[C@@H]1CC23CCN(CC4CC4)C(Cc4ccc(O)cc42)C3(C)C1. The number of piperidine rings is 1. The average Bonchev–Trinajstić information content (AvgIpc) is 3.67. The van der Waals surface area contributed by atoms with Gasteiger partial charge in [0.1, 0.15) is 11.6 Å². The van der Waals surface area contributed by atoms with Crippen LogP contribution < -0.4 is 5.32 Å². The van der Waals surface area contributed by atoms with Crippen molar-refractivity contribution in [3.63, 3.8) is 0 Å². The van der Waals surface area contributed by atoms with Crippen LogP contribution in [-0.2, 0) is 11.8 Å². The average molecular weight is 512 g/mol. The molecule has 202 valence electrons. The third kappa shape index (κ3) is 4.59. The smallest absolute Gasteiger partial charge is 0.126 e. The summed E-state index contributed by atoms with van der Waals surface area (Å²) in [6.07, 6.45) is 10.4. The van der Waals surface area contributed by atoms with Gasteiger partial charge in [-0.05, 0) is 110 Å². The Morgan fingerprint density at radius 2 is 1.92 bits per heavy atom. The number of benzene rings is 2. The second kappa shape index (κ2) is 10.2. The van der Waals surface area contributed by atoms with Gasteiger partial charge >= 0.3 is 0 Å². The lowest BCUT2D eigenvalue weighted by Gasteiger charge is -2.61. The van der Waals surface area contributed by atoms with Crippen LogP contribution >= 0.6 is 0 Å². The van der Waals surface area contributed by atoms with E-state index in [0.717, 1.165) is 29.7 Å². The van der Waals surface area contributed by atoms with Crippen molar-refractivity contribution in [3.05, 3.63) is 65.7 Å². The number of nitrogens with one attached hydrogen (secondary N) is 1. The van der Waals surface area contributed by atoms with Gasteiger partial charge in [0.25, 0.3) is 0 Å². The number of rotatable bonds is 6. The summed E-state index contributed by atoms with van der Waals surface area (Å²) in [7, 11) is 0. The maximum atomic E-state index is 10.1. The largest absolute Gasteiger partial charge is 0.508 e. The third-order valence-corrected chi connectivity index (χ3v) is 10.2. The molecule has 4 nitrogen and oxygen atoms in total. The summed E-state index contributed by atoms with van der Waals surface area (Å²) in [5.74, 6) is 3.21. The molecule has 2 N–H and O–H groups in total. The van der Waals surface area contributed by atoms with E-state index in [1.54, 1.807) is 0 Å². The first kappa shape index (κ1) is 25.7. The first-order valence-electron chi connectivity index (χ1n) is 15.1. The van der Waals surface area contributed by atoms with Gasteiger partial charge in [0, 0.05) is 29.9 Å². The molecule has 1 aliphatic heterocycles. The molecule has 2 aromatic carbocycles. The lowest BCUT2D eigenvalue weighted by atomic mass is 9.51. The van der Waals surface area contributed by atoms with Crippen LogP contribution in [0, 0.1) is 17.3 Å². The van der Waals surface area contributed by atoms with E-state index >= 15 is 0 Å². The number of hydrogen-bond acceptors (Lipinski definition) is 4. The van der Waals surface area contributed by atoms with Gasteiger partial charge in [-0.15, -0.1) is 0 Å². The number of unbranched alkanes of at least 4 members (excludes halogenated alkanes) is 1. The fourth-order valence-electron chi connectivity index (χ4n) is 8.27. The highest BCUT2D eigenvalue weighted by Crippen LogP contribution is 2.66. The number of aromatic nitrogens is 1. The van der Waals surface area contributed by atoms with Crippen molar-refractivity contribution in [2.45, 2.75) is 83.6 Å². The van der Waals surface area contributed by atoms with E-state index < -0.39 is 0 Å². The third-order valence-electron chi connectivity index (χ3n) is 10.2. The highest BCUT2D eigenvalue weighted by atomic mass is 16.3. The maximum Gasteiger partial charge on any atom is 0.126 e. The number of phenolic OH excluding ortho intramolecular Hbond substituents is 1. The van der Waals surface area contributed by atoms with Crippen LogP contribution in [0.2, 0.25) is 0 Å². The van der Waals surface area contributed by atoms with Crippen molar-refractivity contribution in [1.29, 1.82) is 0 Å². The van der Waals surface area contributed by atoms with E-state index in [2.05, 4.69) is 60.2 Å². The normalized spacial score (nSPS) is 29.8. The minimum atomic E-state index is 0.309. The number of nitrogens with zero attached hydrogens (tertiary/aromatic N) is 2. The molecule has 2 bridgehead atoms. The molecule has 7 rings (SSSR count). The first-order chi connectivity index (χ1) is 18.4. The molecule has 1 aromatic heterocycles. The van der Waals surface area contributed by atoms with Gasteiger partial charge in [0.2, 0.25) is 0 Å². The number of aromatic hydroxyl groups is 1. The summed E-state index contributed by atoms with van der Waals surface area (Å²) in [4.78, 5) is 7.39. The number of phenols is 1. The van der Waals surface area contributed by atoms with Crippen molar-refractivity contribution >= 4 is 16.7 Å². The zero-order valence-electron chi connectivity index (χ0n) is 23.5. The molecule has 2 saturated carbocycles. The number of fused-ring (bicyclic) bond motifs is 2. The molecule has 2 heterocycles. The Morgan fingerprint density at radius 3 is 2.74 bits per heavy atom. The number of likely N-dealkylation sites (tertiary alicyclic amines) is 1. The van der Waals surface area contributed by atoms with E-state index in [0.29, 0.717) is 22.6 Å². The number of hydrogen-bond donors (Lipinski definition) is 2. The molecule has 0 spiro atoms. The predicted octanol–water partition coefficient (Wildman–Crippen LogP) is 7.55. The molecule has 38 heavy (non-hydrogen) atoms. The Morgan fingerprint density at radius 1 is 1.08 bits per heavy atom. The van der Waals surface area contributed by atoms with E-state index in [1.165, 1.54) is 81.0 Å². The lowest BCUT2D eigenvalue weighted by molar-refractivity contribution is -0.0406. The lowest BCUT2D eigenvalue weighted by Crippen LogP contribution is -2.63. The van der Waals surface area contributed by atoms with Crippen molar-refractivity contribution in [1.82, 2.24) is 9.88 Å². The fraction of sp³-hybridized carbons (Fsp3) is 0.559. The van der Waals surface area contributed by atoms with Gasteiger partial charge in [-0.3, -0.25) is 4.90 Å². The summed E-state index contributed by atoms with van der Waals surface area (Å²) in [6.45, 7) is 10.8. The zero-order chi connectivity index (χ0) is 26.3. The molecule has 0 amide bonds. The Balaban J connectivity index is 0.000000153. The number of para-hydroxylation sites is 1. The molecule has 1 saturated heterocycles. The first-order valence-corrected chi connectivity index (χ1v) is 15.1. The monoisotopic (exact) mass is 511 g/mol. The van der Waals surface area contributed by atoms with Crippen LogP contribution in [0.25, 0.3) is 10.9 Å². The predicted molar refractivity (Wildman–Crippen MR) is 158 cm³/mol. The van der Waals surface area contributed by atoms with Crippen molar-refractivity contribution in [2.75, 3.05) is 25.0 Å². The van der Waals surface area contributed by atoms with E-state index in [9.17, 15) is 5.11 Å². The Kier molecular flexibility index (Phi) is 6.88. The van der Waals surface area contributed by atoms with E-state index in [-0.39, 0.29) is 0 Å². The summed E-state index contributed by atoms with van der Waals surface area (Å²) in [5, 5.41) is 14.6. The van der Waals surface area contributed by atoms with Gasteiger partial charge in [-0.25, -0.2) is 4.98 Å². The summed E-state index contributed by atoms with van der Waals surface area (Å²) in [6, 6.07) is 19.3. The molecule has 0 radical (unpaired) electrons. The number of anilines is 1. The van der Waals surface area contributed by atoms with Crippen molar-refractivity contribution < 1.29 is 5.11 Å². The van der Waals surface area contributed by atoms with Crippen LogP contribution in [0.15, 0.2) is 54.6 Å². The Labute approximate surface area is 228 Å². The zero-order valence-corrected chi connectivity index (χ0v) is 23.5. The standard InChI is InChI=1S/C21H29NO.C13H16N2/c1-14-11-20(2)19-9-16-5-6-17(23)10-18(16)21(20,12-14)7-8-22(19)13-15-3-4-15;1-2-3-10-14-13-9-8-11-6-4-5-7-12(11)15-13/h5-6,10,14-15,19,23H,3-4,7-9,11-13H2,1-2H3;4-9H,2-3,10H2,1H3,(H,14,15)/t14-,19?,20?,21?;/m0./s1. The van der Waals surface area contributed by atoms with Crippen molar-refractivity contribution in [2.24, 2.45) is 17.3 Å². The van der Waals surface area contributed by atoms with E-state index in [1.807, 2.05) is 30.3 Å². The minimum Gasteiger partial charge on any atom is -0.508 e. The highest BCUT2D eigenvalue weighted by Gasteiger charge is 2.64. The molecule has 3 aliphatic carbocycles. The fourth-order valence-corrected chi connectivity index (χ4v) is 8.27. The van der Waals surface area contributed by atoms with Gasteiger partial charge in [-0.1, -0.05) is 51.5 Å². The number of pyridine rings is 1. The second-order valence-electron chi connectivity index (χ2n) is 12.9. The van der Waals surface area contributed by atoms with Crippen LogP contribution in [0.1, 0.15) is 76.8 Å². The highest BCUT2D eigenvalue weighted by molar-refractivity contribution is 5.80. The molecule has 4 heteroatoms. The Hall–Kier alpha value is -2.59. The van der Waals surface area contributed by atoms with E-state index in [4.69, 9.17) is 0 Å². The molecular weight excluding hydrogens is 466 g/mol. The molecule has 4 aliphatic rings. The summed E-state index contributed by atoms with van der Waals surface area (Å²) >= 11 is 0. The van der Waals surface area contributed by atoms with Gasteiger partial charge in [0.15, 0.2) is 0 Å². The van der Waals surface area contributed by atoms with Crippen LogP contribution in [0.5, 0.6) is 5.75 Å².